The van der Waals surface area contributed by atoms with Gasteiger partial charge in [0.1, 0.15) is 11.3 Å². The fourth-order valence-corrected chi connectivity index (χ4v) is 1.95. The molecule has 0 radical (unpaired) electrons. The molecule has 0 aliphatic carbocycles. The Labute approximate surface area is 122 Å². The smallest absolute Gasteiger partial charge is 0.341 e. The van der Waals surface area contributed by atoms with Crippen LogP contribution in [0.15, 0.2) is 18.2 Å². The van der Waals surface area contributed by atoms with E-state index in [2.05, 4.69) is 16.6 Å². The minimum absolute atomic E-state index is 0.0934. The minimum atomic E-state index is -0.445. The van der Waals surface area contributed by atoms with Gasteiger partial charge in [-0.25, -0.2) is 4.79 Å². The van der Waals surface area contributed by atoms with E-state index in [1.807, 2.05) is 0 Å². The molecule has 4 nitrogen and oxygen atoms in total. The summed E-state index contributed by atoms with van der Waals surface area (Å²) in [4.78, 5) is 22.2. The third-order valence-electron chi connectivity index (χ3n) is 2.37. The lowest BCUT2D eigenvalue weighted by molar-refractivity contribution is -0.109. The molecule has 0 heterocycles. The van der Waals surface area contributed by atoms with Crippen LogP contribution >= 0.6 is 11.8 Å². The van der Waals surface area contributed by atoms with Gasteiger partial charge < -0.3 is 9.47 Å². The van der Waals surface area contributed by atoms with E-state index in [-0.39, 0.29) is 5.12 Å². The van der Waals surface area contributed by atoms with Crippen molar-refractivity contribution in [2.45, 2.75) is 13.3 Å². The average Bonchev–Trinajstić information content (AvgIpc) is 2.45. The lowest BCUT2D eigenvalue weighted by atomic mass is 10.1. The highest BCUT2D eigenvalue weighted by atomic mass is 32.2. The first-order valence-corrected chi connectivity index (χ1v) is 6.95. The van der Waals surface area contributed by atoms with Gasteiger partial charge in [0.25, 0.3) is 0 Å². The molecule has 0 aliphatic rings. The van der Waals surface area contributed by atoms with E-state index in [0.29, 0.717) is 23.5 Å². The Kier molecular flexibility index (Phi) is 6.68. The Morgan fingerprint density at radius 1 is 1.30 bits per heavy atom. The fourth-order valence-electron chi connectivity index (χ4n) is 1.46. The Morgan fingerprint density at radius 2 is 2.05 bits per heavy atom. The molecule has 0 atom stereocenters. The van der Waals surface area contributed by atoms with Gasteiger partial charge in [-0.2, -0.15) is 0 Å². The van der Waals surface area contributed by atoms with Crippen molar-refractivity contribution in [2.24, 2.45) is 0 Å². The Hall–Kier alpha value is -1.93. The number of hydrogen-bond donors (Lipinski definition) is 0. The zero-order chi connectivity index (χ0) is 15.0. The molecule has 0 saturated heterocycles. The van der Waals surface area contributed by atoms with Crippen LogP contribution in [0.25, 0.3) is 0 Å². The lowest BCUT2D eigenvalue weighted by Gasteiger charge is -2.06. The lowest BCUT2D eigenvalue weighted by Crippen LogP contribution is -2.04. The van der Waals surface area contributed by atoms with E-state index in [0.717, 1.165) is 5.56 Å². The number of thioether (sulfide) groups is 1. The molecule has 0 saturated carbocycles. The summed E-state index contributed by atoms with van der Waals surface area (Å²) in [5.41, 5.74) is 1.12. The van der Waals surface area contributed by atoms with Gasteiger partial charge in [0, 0.05) is 24.7 Å². The second-order valence-electron chi connectivity index (χ2n) is 3.80. The van der Waals surface area contributed by atoms with Crippen molar-refractivity contribution in [1.29, 1.82) is 0 Å². The van der Waals surface area contributed by atoms with Gasteiger partial charge in [-0.15, -0.1) is 0 Å². The van der Waals surface area contributed by atoms with Crippen molar-refractivity contribution >= 4 is 22.8 Å². The highest BCUT2D eigenvalue weighted by molar-refractivity contribution is 8.13. The molecule has 0 aliphatic heterocycles. The van der Waals surface area contributed by atoms with E-state index in [1.165, 1.54) is 32.9 Å². The normalized spacial score (nSPS) is 9.35. The summed E-state index contributed by atoms with van der Waals surface area (Å²) in [5, 5.41) is 0.0934. The maximum atomic E-state index is 11.5. The molecule has 0 fully saturated rings. The van der Waals surface area contributed by atoms with Crippen molar-refractivity contribution in [3.63, 3.8) is 0 Å². The molecular formula is C15H16O4S. The number of carbonyl (C=O) groups is 2. The molecule has 0 aromatic heterocycles. The van der Waals surface area contributed by atoms with E-state index >= 15 is 0 Å². The van der Waals surface area contributed by atoms with E-state index in [4.69, 9.17) is 4.74 Å². The first-order chi connectivity index (χ1) is 9.58. The maximum Gasteiger partial charge on any atom is 0.341 e. The van der Waals surface area contributed by atoms with Crippen LogP contribution in [-0.4, -0.2) is 31.1 Å². The summed E-state index contributed by atoms with van der Waals surface area (Å²) in [6.45, 7) is 1.54. The molecule has 1 rings (SSSR count). The van der Waals surface area contributed by atoms with Crippen LogP contribution in [0.5, 0.6) is 5.75 Å². The van der Waals surface area contributed by atoms with Gasteiger partial charge in [-0.05, 0) is 18.2 Å². The second-order valence-corrected chi connectivity index (χ2v) is 5.07. The average molecular weight is 292 g/mol. The Bertz CT molecular complexity index is 555. The van der Waals surface area contributed by atoms with Gasteiger partial charge in [-0.3, -0.25) is 4.79 Å². The molecule has 5 heteroatoms. The number of benzene rings is 1. The monoisotopic (exact) mass is 292 g/mol. The molecule has 20 heavy (non-hydrogen) atoms. The predicted molar refractivity (Wildman–Crippen MR) is 79.0 cm³/mol. The summed E-state index contributed by atoms with van der Waals surface area (Å²) in [7, 11) is 2.81. The van der Waals surface area contributed by atoms with Crippen molar-refractivity contribution in [3.8, 4) is 17.6 Å². The predicted octanol–water partition coefficient (Wildman–Crippen LogP) is 2.50. The van der Waals surface area contributed by atoms with Gasteiger partial charge >= 0.3 is 5.97 Å². The molecule has 0 N–H and O–H groups in total. The number of carbonyl (C=O) groups excluding carboxylic acids is 2. The summed E-state index contributed by atoms with van der Waals surface area (Å²) < 4.78 is 9.81. The van der Waals surface area contributed by atoms with Gasteiger partial charge in [0.15, 0.2) is 5.12 Å². The van der Waals surface area contributed by atoms with Crippen molar-refractivity contribution in [3.05, 3.63) is 29.3 Å². The molecule has 1 aromatic carbocycles. The topological polar surface area (TPSA) is 52.6 Å². The van der Waals surface area contributed by atoms with Crippen molar-refractivity contribution < 1.29 is 19.1 Å². The van der Waals surface area contributed by atoms with Crippen molar-refractivity contribution in [2.75, 3.05) is 20.0 Å². The van der Waals surface area contributed by atoms with Crippen LogP contribution in [0.1, 0.15) is 29.3 Å². The summed E-state index contributed by atoms with van der Waals surface area (Å²) >= 11 is 1.26. The van der Waals surface area contributed by atoms with E-state index in [1.54, 1.807) is 18.2 Å². The Balaban J connectivity index is 2.76. The van der Waals surface area contributed by atoms with Crippen LogP contribution in [0.4, 0.5) is 0 Å². The van der Waals surface area contributed by atoms with Crippen LogP contribution in [0.3, 0.4) is 0 Å². The fraction of sp³-hybridized carbons (Fsp3) is 0.333. The highest BCUT2D eigenvalue weighted by Gasteiger charge is 2.12. The highest BCUT2D eigenvalue weighted by Crippen LogP contribution is 2.20. The molecule has 106 valence electrons. The number of methoxy groups -OCH3 is 2. The van der Waals surface area contributed by atoms with Crippen LogP contribution in [0, 0.1) is 11.8 Å². The molecule has 0 bridgehead atoms. The van der Waals surface area contributed by atoms with Gasteiger partial charge in [0.2, 0.25) is 0 Å². The first-order valence-electron chi connectivity index (χ1n) is 5.97. The number of ether oxygens (including phenoxy) is 2. The Morgan fingerprint density at radius 3 is 2.65 bits per heavy atom. The number of rotatable bonds is 4. The minimum Gasteiger partial charge on any atom is -0.496 e. The third kappa shape index (κ3) is 4.98. The maximum absolute atomic E-state index is 11.5. The molecule has 0 unspecified atom stereocenters. The quantitative estimate of drug-likeness (QED) is 0.485. The first kappa shape index (κ1) is 16.1. The van der Waals surface area contributed by atoms with Gasteiger partial charge in [-0.1, -0.05) is 23.6 Å². The second kappa shape index (κ2) is 8.28. The van der Waals surface area contributed by atoms with Crippen LogP contribution in [0.2, 0.25) is 0 Å². The van der Waals surface area contributed by atoms with E-state index < -0.39 is 5.97 Å². The van der Waals surface area contributed by atoms with Crippen LogP contribution in [-0.2, 0) is 9.53 Å². The summed E-state index contributed by atoms with van der Waals surface area (Å²) in [6.07, 6.45) is 0.630. The molecule has 0 spiro atoms. The van der Waals surface area contributed by atoms with Crippen LogP contribution < -0.4 is 4.74 Å². The molecule has 1 aromatic rings. The summed E-state index contributed by atoms with van der Waals surface area (Å²) in [6, 6.07) is 5.05. The zero-order valence-corrected chi connectivity index (χ0v) is 12.5. The van der Waals surface area contributed by atoms with E-state index in [9.17, 15) is 9.59 Å². The largest absolute Gasteiger partial charge is 0.496 e. The van der Waals surface area contributed by atoms with Gasteiger partial charge in [0.05, 0.1) is 14.2 Å². The number of esters is 1. The third-order valence-corrected chi connectivity index (χ3v) is 3.19. The van der Waals surface area contributed by atoms with Crippen molar-refractivity contribution in [1.82, 2.24) is 0 Å². The molecular weight excluding hydrogens is 276 g/mol. The molecule has 0 amide bonds. The summed E-state index contributed by atoms with van der Waals surface area (Å²) in [5.74, 6) is 6.61. The zero-order valence-electron chi connectivity index (χ0n) is 11.7. The SMILES string of the molecule is COC(=O)c1ccc(C#CCCSC(C)=O)cc1OC. The standard InChI is InChI=1S/C15H16O4S/c1-11(16)20-9-5-4-6-12-7-8-13(15(17)19-3)14(10-12)18-2/h7-8,10H,5,9H2,1-3H3. The number of hydrogen-bond acceptors (Lipinski definition) is 5.